The van der Waals surface area contributed by atoms with Crippen LogP contribution in [0.1, 0.15) is 11.4 Å². The van der Waals surface area contributed by atoms with Crippen molar-refractivity contribution in [2.24, 2.45) is 0 Å². The van der Waals surface area contributed by atoms with Gasteiger partial charge in [0.05, 0.1) is 0 Å². The lowest BCUT2D eigenvalue weighted by Crippen LogP contribution is -2.25. The Bertz CT molecular complexity index is 1020. The molecule has 3 aromatic rings. The van der Waals surface area contributed by atoms with Gasteiger partial charge < -0.3 is 4.74 Å². The molecular formula is C18H9F7N2O. The van der Waals surface area contributed by atoms with Gasteiger partial charge in [0.2, 0.25) is 5.82 Å². The minimum atomic E-state index is -4.24. The molecule has 0 aliphatic heterocycles. The number of aromatic nitrogens is 2. The fourth-order valence-electron chi connectivity index (χ4n) is 2.27. The van der Waals surface area contributed by atoms with E-state index in [-0.39, 0.29) is 28.8 Å². The molecule has 0 amide bonds. The van der Waals surface area contributed by atoms with Crippen LogP contribution in [0.4, 0.5) is 30.7 Å². The minimum Gasteiger partial charge on any atom is -0.426 e. The lowest BCUT2D eigenvalue weighted by atomic mass is 10.1. The summed E-state index contributed by atoms with van der Waals surface area (Å²) in [4.78, 5) is 6.68. The molecule has 0 N–H and O–H groups in total. The van der Waals surface area contributed by atoms with Crippen molar-refractivity contribution >= 4 is 0 Å². The lowest BCUT2D eigenvalue weighted by molar-refractivity contribution is -0.192. The SMILES string of the molecule is Cc1ccc(-c2cnc(C(F)(F)Oc3cc(F)c(F)c(F)c3)nc2)c(F)c1F. The van der Waals surface area contributed by atoms with Crippen molar-refractivity contribution in [2.45, 2.75) is 13.0 Å². The molecule has 10 heteroatoms. The van der Waals surface area contributed by atoms with Crippen molar-refractivity contribution < 1.29 is 35.5 Å². The number of ether oxygens (including phenoxy) is 1. The van der Waals surface area contributed by atoms with E-state index in [1.54, 1.807) is 0 Å². The summed E-state index contributed by atoms with van der Waals surface area (Å²) in [5.41, 5.74) is -0.283. The van der Waals surface area contributed by atoms with Crippen molar-refractivity contribution in [3.63, 3.8) is 0 Å². The maximum Gasteiger partial charge on any atom is 0.462 e. The highest BCUT2D eigenvalue weighted by atomic mass is 19.3. The molecule has 28 heavy (non-hydrogen) atoms. The summed E-state index contributed by atoms with van der Waals surface area (Å²) in [5.74, 6) is -9.80. The third-order valence-electron chi connectivity index (χ3n) is 3.70. The smallest absolute Gasteiger partial charge is 0.426 e. The van der Waals surface area contributed by atoms with Gasteiger partial charge in [0, 0.05) is 35.7 Å². The van der Waals surface area contributed by atoms with Gasteiger partial charge in [0.1, 0.15) is 5.75 Å². The molecule has 0 fully saturated rings. The molecule has 0 unspecified atom stereocenters. The summed E-state index contributed by atoms with van der Waals surface area (Å²) in [6, 6.07) is 2.97. The molecule has 0 spiro atoms. The highest BCUT2D eigenvalue weighted by Gasteiger charge is 2.39. The Morgan fingerprint density at radius 3 is 1.96 bits per heavy atom. The Hall–Kier alpha value is -3.17. The summed E-state index contributed by atoms with van der Waals surface area (Å²) in [7, 11) is 0. The molecule has 0 saturated heterocycles. The van der Waals surface area contributed by atoms with Crippen LogP contribution in [0.15, 0.2) is 36.7 Å². The molecule has 0 aliphatic rings. The Kier molecular flexibility index (Phi) is 4.97. The number of aryl methyl sites for hydroxylation is 1. The molecule has 0 atom stereocenters. The van der Waals surface area contributed by atoms with E-state index < -0.39 is 46.8 Å². The van der Waals surface area contributed by atoms with Crippen molar-refractivity contribution in [2.75, 3.05) is 0 Å². The van der Waals surface area contributed by atoms with E-state index in [9.17, 15) is 30.7 Å². The van der Waals surface area contributed by atoms with Gasteiger partial charge in [-0.05, 0) is 12.5 Å². The van der Waals surface area contributed by atoms with Gasteiger partial charge in [-0.3, -0.25) is 0 Å². The van der Waals surface area contributed by atoms with Gasteiger partial charge in [-0.25, -0.2) is 31.9 Å². The number of alkyl halides is 2. The number of nitrogens with zero attached hydrogens (tertiary/aromatic N) is 2. The van der Waals surface area contributed by atoms with Gasteiger partial charge in [-0.1, -0.05) is 12.1 Å². The van der Waals surface area contributed by atoms with Crippen LogP contribution in [0.3, 0.4) is 0 Å². The maximum absolute atomic E-state index is 14.1. The highest BCUT2D eigenvalue weighted by Crippen LogP contribution is 2.32. The minimum absolute atomic E-state index is 0.0532. The summed E-state index contributed by atoms with van der Waals surface area (Å²) < 4.78 is 99.1. The van der Waals surface area contributed by atoms with E-state index in [0.29, 0.717) is 0 Å². The van der Waals surface area contributed by atoms with Crippen LogP contribution < -0.4 is 4.74 Å². The van der Waals surface area contributed by atoms with Crippen LogP contribution in [-0.4, -0.2) is 9.97 Å². The monoisotopic (exact) mass is 402 g/mol. The van der Waals surface area contributed by atoms with Crippen LogP contribution >= 0.6 is 0 Å². The molecule has 0 saturated carbocycles. The van der Waals surface area contributed by atoms with E-state index in [4.69, 9.17) is 0 Å². The van der Waals surface area contributed by atoms with Gasteiger partial charge in [-0.15, -0.1) is 0 Å². The number of benzene rings is 2. The van der Waals surface area contributed by atoms with E-state index in [2.05, 4.69) is 14.7 Å². The first-order valence-electron chi connectivity index (χ1n) is 7.59. The first-order valence-corrected chi connectivity index (χ1v) is 7.59. The topological polar surface area (TPSA) is 35.0 Å². The predicted molar refractivity (Wildman–Crippen MR) is 83.0 cm³/mol. The zero-order chi connectivity index (χ0) is 20.6. The summed E-state index contributed by atoms with van der Waals surface area (Å²) in [5, 5.41) is 0. The predicted octanol–water partition coefficient (Wildman–Crippen LogP) is 5.28. The highest BCUT2D eigenvalue weighted by molar-refractivity contribution is 5.62. The maximum atomic E-state index is 14.1. The van der Waals surface area contributed by atoms with Crippen molar-refractivity contribution in [1.29, 1.82) is 0 Å². The fourth-order valence-corrected chi connectivity index (χ4v) is 2.27. The second-order valence-electron chi connectivity index (χ2n) is 5.67. The third-order valence-corrected chi connectivity index (χ3v) is 3.70. The molecule has 3 rings (SSSR count). The molecule has 0 radical (unpaired) electrons. The van der Waals surface area contributed by atoms with Crippen molar-refractivity contribution in [3.8, 4) is 16.9 Å². The van der Waals surface area contributed by atoms with Crippen LogP contribution in [0.25, 0.3) is 11.1 Å². The molecule has 146 valence electrons. The molecule has 1 aromatic heterocycles. The van der Waals surface area contributed by atoms with Crippen LogP contribution in [0, 0.1) is 36.0 Å². The first-order chi connectivity index (χ1) is 13.1. The zero-order valence-electron chi connectivity index (χ0n) is 13.9. The first kappa shape index (κ1) is 19.6. The number of rotatable bonds is 4. The van der Waals surface area contributed by atoms with Crippen LogP contribution in [0.2, 0.25) is 0 Å². The largest absolute Gasteiger partial charge is 0.462 e. The van der Waals surface area contributed by atoms with Gasteiger partial charge >= 0.3 is 6.11 Å². The lowest BCUT2D eigenvalue weighted by Gasteiger charge is -2.17. The molecular weight excluding hydrogens is 393 g/mol. The molecule has 0 bridgehead atoms. The number of hydrogen-bond donors (Lipinski definition) is 0. The standard InChI is InChI=1S/C18H9F7N2O/c1-8-2-3-11(15(22)14(8)21)9-6-26-17(27-7-9)18(24,25)28-10-4-12(19)16(23)13(20)5-10/h2-7H,1H3. The average Bonchev–Trinajstić information content (AvgIpc) is 2.64. The van der Waals surface area contributed by atoms with Gasteiger partial charge in [-0.2, -0.15) is 8.78 Å². The quantitative estimate of drug-likeness (QED) is 0.440. The second-order valence-corrected chi connectivity index (χ2v) is 5.67. The van der Waals surface area contributed by atoms with Gasteiger partial charge in [0.25, 0.3) is 0 Å². The molecule has 1 heterocycles. The Balaban J connectivity index is 1.89. The van der Waals surface area contributed by atoms with E-state index >= 15 is 0 Å². The van der Waals surface area contributed by atoms with Crippen molar-refractivity contribution in [3.05, 3.63) is 77.1 Å². The third kappa shape index (κ3) is 3.62. The van der Waals surface area contributed by atoms with E-state index in [0.717, 1.165) is 12.4 Å². The zero-order valence-corrected chi connectivity index (χ0v) is 13.9. The Morgan fingerprint density at radius 2 is 1.39 bits per heavy atom. The molecule has 2 aromatic carbocycles. The fraction of sp³-hybridized carbons (Fsp3) is 0.111. The van der Waals surface area contributed by atoms with Crippen LogP contribution in [-0.2, 0) is 6.11 Å². The van der Waals surface area contributed by atoms with Crippen LogP contribution in [0.5, 0.6) is 5.75 Å². The number of hydrogen-bond acceptors (Lipinski definition) is 3. The van der Waals surface area contributed by atoms with Crippen molar-refractivity contribution in [1.82, 2.24) is 9.97 Å². The summed E-state index contributed by atoms with van der Waals surface area (Å²) in [6.07, 6.45) is -2.64. The normalized spacial score (nSPS) is 11.6. The molecule has 3 nitrogen and oxygen atoms in total. The number of halogens is 7. The summed E-state index contributed by atoms with van der Waals surface area (Å²) in [6.45, 7) is 1.35. The second kappa shape index (κ2) is 7.10. The Morgan fingerprint density at radius 1 is 0.821 bits per heavy atom. The average molecular weight is 402 g/mol. The van der Waals surface area contributed by atoms with E-state index in [1.807, 2.05) is 0 Å². The summed E-state index contributed by atoms with van der Waals surface area (Å²) >= 11 is 0. The molecule has 0 aliphatic carbocycles. The Labute approximate surface area is 153 Å². The van der Waals surface area contributed by atoms with Gasteiger partial charge in [0.15, 0.2) is 29.1 Å². The van der Waals surface area contributed by atoms with E-state index in [1.165, 1.54) is 19.1 Å².